The molecule has 2 aliphatic heterocycles. The Hall–Kier alpha value is -0.750. The number of hydrogen-bond donors (Lipinski definition) is 1. The SMILES string of the molecule is COC(=O)C1CSC2[C@H](C)CCC(N)C(=O)N12. The van der Waals surface area contributed by atoms with Crippen LogP contribution in [0.4, 0.5) is 0 Å². The molecule has 6 heteroatoms. The number of hydrogen-bond acceptors (Lipinski definition) is 5. The topological polar surface area (TPSA) is 72.6 Å². The fraction of sp³-hybridized carbons (Fsp3) is 0.818. The Labute approximate surface area is 105 Å². The number of thioether (sulfide) groups is 1. The Morgan fingerprint density at radius 3 is 2.88 bits per heavy atom. The number of methoxy groups -OCH3 is 1. The van der Waals surface area contributed by atoms with Crippen LogP contribution in [0.15, 0.2) is 0 Å². The van der Waals surface area contributed by atoms with Crippen molar-refractivity contribution in [2.45, 2.75) is 37.2 Å². The zero-order valence-electron chi connectivity index (χ0n) is 10.1. The van der Waals surface area contributed by atoms with E-state index in [0.717, 1.165) is 6.42 Å². The van der Waals surface area contributed by atoms with Crippen molar-refractivity contribution >= 4 is 23.6 Å². The number of nitrogens with two attached hydrogens (primary N) is 1. The molecule has 0 saturated carbocycles. The number of nitrogens with zero attached hydrogens (tertiary/aromatic N) is 1. The highest BCUT2D eigenvalue weighted by molar-refractivity contribution is 8.00. The molecule has 2 fully saturated rings. The van der Waals surface area contributed by atoms with Crippen molar-refractivity contribution < 1.29 is 14.3 Å². The summed E-state index contributed by atoms with van der Waals surface area (Å²) in [7, 11) is 1.35. The molecule has 2 aliphatic rings. The molecule has 0 aliphatic carbocycles. The van der Waals surface area contributed by atoms with Crippen LogP contribution in [-0.2, 0) is 14.3 Å². The highest BCUT2D eigenvalue weighted by Crippen LogP contribution is 2.38. The number of carbonyl (C=O) groups excluding carboxylic acids is 2. The molecule has 0 bridgehead atoms. The fourth-order valence-electron chi connectivity index (χ4n) is 2.46. The third-order valence-electron chi connectivity index (χ3n) is 3.50. The van der Waals surface area contributed by atoms with Gasteiger partial charge in [0.05, 0.1) is 18.5 Å². The summed E-state index contributed by atoms with van der Waals surface area (Å²) in [5.41, 5.74) is 5.85. The van der Waals surface area contributed by atoms with Gasteiger partial charge in [-0.1, -0.05) is 6.92 Å². The summed E-state index contributed by atoms with van der Waals surface area (Å²) in [4.78, 5) is 25.5. The van der Waals surface area contributed by atoms with Gasteiger partial charge in [-0.25, -0.2) is 4.79 Å². The Kier molecular flexibility index (Phi) is 3.63. The average molecular weight is 258 g/mol. The predicted molar refractivity (Wildman–Crippen MR) is 65.3 cm³/mol. The molecule has 0 aromatic heterocycles. The van der Waals surface area contributed by atoms with Gasteiger partial charge in [-0.05, 0) is 18.8 Å². The van der Waals surface area contributed by atoms with E-state index in [2.05, 4.69) is 6.92 Å². The molecule has 2 heterocycles. The maximum atomic E-state index is 12.2. The second kappa shape index (κ2) is 4.86. The molecule has 1 amide bonds. The van der Waals surface area contributed by atoms with Gasteiger partial charge in [-0.15, -0.1) is 11.8 Å². The highest BCUT2D eigenvalue weighted by atomic mass is 32.2. The first-order chi connectivity index (χ1) is 8.06. The van der Waals surface area contributed by atoms with Crippen LogP contribution in [0.25, 0.3) is 0 Å². The molecule has 2 saturated heterocycles. The van der Waals surface area contributed by atoms with Crippen LogP contribution in [0.2, 0.25) is 0 Å². The van der Waals surface area contributed by atoms with Gasteiger partial charge in [0.2, 0.25) is 5.91 Å². The number of fused-ring (bicyclic) bond motifs is 1. The van der Waals surface area contributed by atoms with Crippen molar-refractivity contribution in [2.24, 2.45) is 11.7 Å². The summed E-state index contributed by atoms with van der Waals surface area (Å²) in [6.45, 7) is 2.11. The maximum Gasteiger partial charge on any atom is 0.329 e. The van der Waals surface area contributed by atoms with Crippen LogP contribution >= 0.6 is 11.8 Å². The summed E-state index contributed by atoms with van der Waals surface area (Å²) >= 11 is 1.65. The van der Waals surface area contributed by atoms with Crippen molar-refractivity contribution in [3.63, 3.8) is 0 Å². The first-order valence-corrected chi connectivity index (χ1v) is 6.88. The Bertz CT molecular complexity index is 337. The Morgan fingerprint density at radius 2 is 2.24 bits per heavy atom. The van der Waals surface area contributed by atoms with E-state index < -0.39 is 12.1 Å². The lowest BCUT2D eigenvalue weighted by atomic mass is 10.0. The van der Waals surface area contributed by atoms with E-state index in [4.69, 9.17) is 10.5 Å². The molecular formula is C11H18N2O3S. The monoisotopic (exact) mass is 258 g/mol. The lowest BCUT2D eigenvalue weighted by molar-refractivity contribution is -0.152. The second-order valence-corrected chi connectivity index (χ2v) is 5.82. The van der Waals surface area contributed by atoms with E-state index in [0.29, 0.717) is 18.1 Å². The van der Waals surface area contributed by atoms with Crippen LogP contribution in [0.3, 0.4) is 0 Å². The molecule has 2 N–H and O–H groups in total. The van der Waals surface area contributed by atoms with Crippen molar-refractivity contribution in [1.82, 2.24) is 4.90 Å². The largest absolute Gasteiger partial charge is 0.467 e. The summed E-state index contributed by atoms with van der Waals surface area (Å²) in [6, 6.07) is -0.942. The van der Waals surface area contributed by atoms with Crippen molar-refractivity contribution in [1.29, 1.82) is 0 Å². The minimum absolute atomic E-state index is 0.0696. The molecule has 0 aromatic rings. The number of ether oxygens (including phenoxy) is 1. The second-order valence-electron chi connectivity index (χ2n) is 4.67. The number of amides is 1. The smallest absolute Gasteiger partial charge is 0.329 e. The summed E-state index contributed by atoms with van der Waals surface area (Å²) < 4.78 is 4.76. The van der Waals surface area contributed by atoms with E-state index in [1.54, 1.807) is 16.7 Å². The Morgan fingerprint density at radius 1 is 1.53 bits per heavy atom. The van der Waals surface area contributed by atoms with E-state index in [1.807, 2.05) is 0 Å². The van der Waals surface area contributed by atoms with E-state index in [-0.39, 0.29) is 17.3 Å². The maximum absolute atomic E-state index is 12.2. The van der Waals surface area contributed by atoms with Gasteiger partial charge in [-0.3, -0.25) is 4.79 Å². The molecule has 96 valence electrons. The van der Waals surface area contributed by atoms with Gasteiger partial charge in [0.25, 0.3) is 0 Å². The third kappa shape index (κ3) is 2.15. The summed E-state index contributed by atoms with van der Waals surface area (Å²) in [5, 5.41) is 0.0696. The molecule has 0 aromatic carbocycles. The first-order valence-electron chi connectivity index (χ1n) is 5.83. The van der Waals surface area contributed by atoms with Gasteiger partial charge in [0, 0.05) is 5.75 Å². The quantitative estimate of drug-likeness (QED) is 0.680. The molecule has 0 spiro atoms. The van der Waals surface area contributed by atoms with Gasteiger partial charge >= 0.3 is 5.97 Å². The third-order valence-corrected chi connectivity index (χ3v) is 5.04. The highest BCUT2D eigenvalue weighted by Gasteiger charge is 2.47. The number of rotatable bonds is 1. The van der Waals surface area contributed by atoms with Crippen LogP contribution in [-0.4, -0.2) is 47.1 Å². The standard InChI is InChI=1S/C11H18N2O3S/c1-6-3-4-7(12)9(14)13-8(11(15)16-2)5-17-10(6)13/h6-8,10H,3-5,12H2,1-2H3/t6-,7?,8?,10?/m1/s1. The molecule has 17 heavy (non-hydrogen) atoms. The first kappa shape index (κ1) is 12.7. The van der Waals surface area contributed by atoms with Crippen molar-refractivity contribution in [3.05, 3.63) is 0 Å². The van der Waals surface area contributed by atoms with Gasteiger partial charge in [0.1, 0.15) is 6.04 Å². The van der Waals surface area contributed by atoms with E-state index in [9.17, 15) is 9.59 Å². The molecule has 4 atom stereocenters. The molecule has 5 nitrogen and oxygen atoms in total. The van der Waals surface area contributed by atoms with Crippen molar-refractivity contribution in [2.75, 3.05) is 12.9 Å². The van der Waals surface area contributed by atoms with Crippen LogP contribution in [0.5, 0.6) is 0 Å². The fourth-order valence-corrected chi connectivity index (χ4v) is 4.01. The zero-order valence-corrected chi connectivity index (χ0v) is 10.9. The van der Waals surface area contributed by atoms with Crippen LogP contribution in [0, 0.1) is 5.92 Å². The zero-order chi connectivity index (χ0) is 12.6. The van der Waals surface area contributed by atoms with Gasteiger partial charge < -0.3 is 15.4 Å². The minimum Gasteiger partial charge on any atom is -0.467 e. The average Bonchev–Trinajstić information content (AvgIpc) is 2.73. The van der Waals surface area contributed by atoms with Gasteiger partial charge in [-0.2, -0.15) is 0 Å². The molecule has 2 rings (SSSR count). The number of esters is 1. The van der Waals surface area contributed by atoms with E-state index in [1.165, 1.54) is 7.11 Å². The van der Waals surface area contributed by atoms with Crippen LogP contribution in [0.1, 0.15) is 19.8 Å². The van der Waals surface area contributed by atoms with Crippen molar-refractivity contribution in [3.8, 4) is 0 Å². The molecule has 0 radical (unpaired) electrons. The molecular weight excluding hydrogens is 240 g/mol. The molecule has 3 unspecified atom stereocenters. The minimum atomic E-state index is -0.478. The lowest BCUT2D eigenvalue weighted by Gasteiger charge is -2.29. The van der Waals surface area contributed by atoms with Gasteiger partial charge in [0.15, 0.2) is 0 Å². The number of carbonyl (C=O) groups is 2. The summed E-state index contributed by atoms with van der Waals surface area (Å²) in [5.74, 6) is 0.529. The lowest BCUT2D eigenvalue weighted by Crippen LogP contribution is -2.51. The van der Waals surface area contributed by atoms with Crippen LogP contribution < -0.4 is 5.73 Å². The summed E-state index contributed by atoms with van der Waals surface area (Å²) in [6.07, 6.45) is 1.62. The van der Waals surface area contributed by atoms with E-state index >= 15 is 0 Å². The normalized spacial score (nSPS) is 37.6. The Balaban J connectivity index is 2.26. The predicted octanol–water partition coefficient (Wildman–Crippen LogP) is 0.187.